The summed E-state index contributed by atoms with van der Waals surface area (Å²) in [6, 6.07) is 19.0. The van der Waals surface area contributed by atoms with Gasteiger partial charge < -0.3 is 10.1 Å². The van der Waals surface area contributed by atoms with Gasteiger partial charge in [0.2, 0.25) is 5.95 Å². The van der Waals surface area contributed by atoms with Crippen LogP contribution in [0.3, 0.4) is 0 Å². The first-order valence-electron chi connectivity index (χ1n) is 7.70. The third-order valence-electron chi connectivity index (χ3n) is 4.33. The van der Waals surface area contributed by atoms with E-state index in [0.29, 0.717) is 0 Å². The van der Waals surface area contributed by atoms with Crippen molar-refractivity contribution in [3.63, 3.8) is 0 Å². The Morgan fingerprint density at radius 2 is 1.83 bits per heavy atom. The number of ether oxygens (including phenoxy) is 1. The smallest absolute Gasteiger partial charge is 0.222 e. The van der Waals surface area contributed by atoms with Crippen molar-refractivity contribution in [3.05, 3.63) is 72.1 Å². The van der Waals surface area contributed by atoms with Crippen LogP contribution in [0.4, 0.5) is 5.95 Å². The van der Waals surface area contributed by atoms with E-state index in [4.69, 9.17) is 4.74 Å². The number of fused-ring (bicyclic) bond motifs is 1. The topological polar surface area (TPSA) is 52.0 Å². The largest absolute Gasteiger partial charge is 0.497 e. The van der Waals surface area contributed by atoms with E-state index in [1.807, 2.05) is 22.9 Å². The Morgan fingerprint density at radius 1 is 1.04 bits per heavy atom. The Hall–Kier alpha value is -2.82. The molecular weight excluding hydrogens is 288 g/mol. The first-order valence-corrected chi connectivity index (χ1v) is 7.70. The second-order valence-corrected chi connectivity index (χ2v) is 5.66. The molecule has 1 N–H and O–H groups in total. The minimum Gasteiger partial charge on any atom is -0.497 e. The zero-order chi connectivity index (χ0) is 15.6. The quantitative estimate of drug-likeness (QED) is 0.805. The molecule has 1 aliphatic rings. The number of rotatable bonds is 3. The highest BCUT2D eigenvalue weighted by molar-refractivity contribution is 5.39. The van der Waals surface area contributed by atoms with Crippen LogP contribution >= 0.6 is 0 Å². The molecule has 1 aromatic heterocycles. The lowest BCUT2D eigenvalue weighted by atomic mass is 9.93. The zero-order valence-corrected chi connectivity index (χ0v) is 12.9. The summed E-state index contributed by atoms with van der Waals surface area (Å²) in [7, 11) is 1.68. The number of methoxy groups -OCH3 is 1. The van der Waals surface area contributed by atoms with Crippen molar-refractivity contribution in [1.82, 2.24) is 14.8 Å². The monoisotopic (exact) mass is 306 g/mol. The molecule has 5 nitrogen and oxygen atoms in total. The van der Waals surface area contributed by atoms with Crippen LogP contribution < -0.4 is 10.1 Å². The van der Waals surface area contributed by atoms with Gasteiger partial charge in [-0.05, 0) is 29.7 Å². The van der Waals surface area contributed by atoms with Crippen LogP contribution in [0.5, 0.6) is 5.75 Å². The van der Waals surface area contributed by atoms with Crippen LogP contribution in [-0.4, -0.2) is 21.9 Å². The van der Waals surface area contributed by atoms with E-state index in [2.05, 4.69) is 51.8 Å². The molecule has 0 fully saturated rings. The lowest BCUT2D eigenvalue weighted by Crippen LogP contribution is -2.28. The normalized spacial score (nSPS) is 19.7. The van der Waals surface area contributed by atoms with Gasteiger partial charge in [-0.2, -0.15) is 10.1 Å². The van der Waals surface area contributed by atoms with E-state index in [-0.39, 0.29) is 12.1 Å². The third-order valence-corrected chi connectivity index (χ3v) is 4.33. The van der Waals surface area contributed by atoms with Gasteiger partial charge in [0.25, 0.3) is 0 Å². The van der Waals surface area contributed by atoms with Crippen molar-refractivity contribution in [3.8, 4) is 5.75 Å². The Balaban J connectivity index is 1.70. The standard InChI is InChI=1S/C18H18N4O/c1-23-15-9-7-14(8-10-15)17-11-16(13-5-3-2-4-6-13)21-18-19-12-20-22(17)18/h2-10,12,16-17H,11H2,1H3,(H,19,20,21)/t16-,17-/m0/s1. The Kier molecular flexibility index (Phi) is 3.46. The fourth-order valence-electron chi connectivity index (χ4n) is 3.13. The SMILES string of the molecule is COc1ccc([C@@H]2C[C@@H](c3ccccc3)Nc3ncnn32)cc1. The summed E-state index contributed by atoms with van der Waals surface area (Å²) in [6.45, 7) is 0. The maximum absolute atomic E-state index is 5.25. The van der Waals surface area contributed by atoms with Gasteiger partial charge in [0.05, 0.1) is 19.2 Å². The lowest BCUT2D eigenvalue weighted by molar-refractivity contribution is 0.411. The maximum Gasteiger partial charge on any atom is 0.222 e. The maximum atomic E-state index is 5.25. The fourth-order valence-corrected chi connectivity index (χ4v) is 3.13. The number of benzene rings is 2. The highest BCUT2D eigenvalue weighted by Gasteiger charge is 2.29. The molecule has 0 radical (unpaired) electrons. The second-order valence-electron chi connectivity index (χ2n) is 5.66. The van der Waals surface area contributed by atoms with Gasteiger partial charge in [-0.1, -0.05) is 42.5 Å². The molecule has 0 aliphatic carbocycles. The van der Waals surface area contributed by atoms with Gasteiger partial charge in [-0.3, -0.25) is 0 Å². The summed E-state index contributed by atoms with van der Waals surface area (Å²) in [6.07, 6.45) is 2.53. The first kappa shape index (κ1) is 13.8. The lowest BCUT2D eigenvalue weighted by Gasteiger charge is -2.31. The molecule has 0 bridgehead atoms. The van der Waals surface area contributed by atoms with E-state index in [0.717, 1.165) is 18.1 Å². The molecule has 5 heteroatoms. The predicted molar refractivity (Wildman–Crippen MR) is 88.6 cm³/mol. The van der Waals surface area contributed by atoms with Gasteiger partial charge in [-0.25, -0.2) is 4.68 Å². The van der Waals surface area contributed by atoms with Crippen LogP contribution in [0.15, 0.2) is 60.9 Å². The summed E-state index contributed by atoms with van der Waals surface area (Å²) in [5, 5.41) is 7.88. The zero-order valence-electron chi connectivity index (χ0n) is 12.9. The minimum absolute atomic E-state index is 0.157. The van der Waals surface area contributed by atoms with E-state index >= 15 is 0 Å². The number of aromatic nitrogens is 3. The second kappa shape index (κ2) is 5.76. The van der Waals surface area contributed by atoms with E-state index < -0.39 is 0 Å². The number of hydrogen-bond acceptors (Lipinski definition) is 4. The molecule has 0 amide bonds. The fraction of sp³-hybridized carbons (Fsp3) is 0.222. The van der Waals surface area contributed by atoms with Crippen molar-refractivity contribution in [1.29, 1.82) is 0 Å². The Morgan fingerprint density at radius 3 is 2.57 bits per heavy atom. The summed E-state index contributed by atoms with van der Waals surface area (Å²) >= 11 is 0. The average Bonchev–Trinajstić information content (AvgIpc) is 3.10. The van der Waals surface area contributed by atoms with Crippen molar-refractivity contribution in [2.45, 2.75) is 18.5 Å². The predicted octanol–water partition coefficient (Wildman–Crippen LogP) is 3.43. The first-order chi connectivity index (χ1) is 11.3. The number of nitrogens with one attached hydrogen (secondary N) is 1. The molecule has 4 rings (SSSR count). The molecule has 0 saturated carbocycles. The van der Waals surface area contributed by atoms with E-state index in [1.165, 1.54) is 11.1 Å². The highest BCUT2D eigenvalue weighted by Crippen LogP contribution is 2.37. The average molecular weight is 306 g/mol. The number of anilines is 1. The molecule has 2 heterocycles. The molecule has 2 atom stereocenters. The van der Waals surface area contributed by atoms with Crippen LogP contribution in [-0.2, 0) is 0 Å². The van der Waals surface area contributed by atoms with Crippen LogP contribution in [0.25, 0.3) is 0 Å². The molecular formula is C18H18N4O. The molecule has 3 aromatic rings. The van der Waals surface area contributed by atoms with Gasteiger partial charge in [-0.15, -0.1) is 0 Å². The van der Waals surface area contributed by atoms with Crippen molar-refractivity contribution >= 4 is 5.95 Å². The van der Waals surface area contributed by atoms with Crippen LogP contribution in [0.2, 0.25) is 0 Å². The molecule has 23 heavy (non-hydrogen) atoms. The third kappa shape index (κ3) is 2.54. The van der Waals surface area contributed by atoms with Gasteiger partial charge in [0.15, 0.2) is 0 Å². The summed E-state index contributed by atoms with van der Waals surface area (Å²) < 4.78 is 7.21. The molecule has 1 aliphatic heterocycles. The van der Waals surface area contributed by atoms with Crippen molar-refractivity contribution in [2.75, 3.05) is 12.4 Å². The van der Waals surface area contributed by atoms with Gasteiger partial charge >= 0.3 is 0 Å². The highest BCUT2D eigenvalue weighted by atomic mass is 16.5. The van der Waals surface area contributed by atoms with Crippen molar-refractivity contribution in [2.24, 2.45) is 0 Å². The molecule has 0 unspecified atom stereocenters. The van der Waals surface area contributed by atoms with E-state index in [9.17, 15) is 0 Å². The van der Waals surface area contributed by atoms with Crippen LogP contribution in [0.1, 0.15) is 29.6 Å². The Labute approximate surface area is 134 Å². The van der Waals surface area contributed by atoms with Crippen molar-refractivity contribution < 1.29 is 4.74 Å². The number of nitrogens with zero attached hydrogens (tertiary/aromatic N) is 3. The molecule has 2 aromatic carbocycles. The van der Waals surface area contributed by atoms with Gasteiger partial charge in [0.1, 0.15) is 12.1 Å². The van der Waals surface area contributed by atoms with Gasteiger partial charge in [0, 0.05) is 0 Å². The molecule has 116 valence electrons. The summed E-state index contributed by atoms with van der Waals surface area (Å²) in [4.78, 5) is 4.36. The number of hydrogen-bond donors (Lipinski definition) is 1. The molecule has 0 saturated heterocycles. The van der Waals surface area contributed by atoms with E-state index in [1.54, 1.807) is 13.4 Å². The van der Waals surface area contributed by atoms with Crippen LogP contribution in [0, 0.1) is 0 Å². The molecule has 0 spiro atoms. The summed E-state index contributed by atoms with van der Waals surface area (Å²) in [5.41, 5.74) is 2.47. The minimum atomic E-state index is 0.157. The summed E-state index contributed by atoms with van der Waals surface area (Å²) in [5.74, 6) is 1.67. The Bertz CT molecular complexity index is 782.